The molecule has 1 fully saturated rings. The van der Waals surface area contributed by atoms with E-state index < -0.39 is 24.3 Å². The average Bonchev–Trinajstić information content (AvgIpc) is 3.46. The quantitative estimate of drug-likeness (QED) is 0.476. The summed E-state index contributed by atoms with van der Waals surface area (Å²) in [6.07, 6.45) is -1.47. The number of amides is 2. The Morgan fingerprint density at radius 1 is 1.06 bits per heavy atom. The lowest BCUT2D eigenvalue weighted by molar-refractivity contribution is -0.149. The molecule has 3 N–H and O–H groups in total. The van der Waals surface area contributed by atoms with E-state index >= 15 is 0 Å². The summed E-state index contributed by atoms with van der Waals surface area (Å²) in [6, 6.07) is 16.3. The highest BCUT2D eigenvalue weighted by atomic mass is 16.5. The largest absolute Gasteiger partial charge is 0.479 e. The van der Waals surface area contributed by atoms with E-state index in [1.54, 1.807) is 0 Å². The van der Waals surface area contributed by atoms with Gasteiger partial charge in [-0.15, -0.1) is 0 Å². The minimum Gasteiger partial charge on any atom is -0.479 e. The van der Waals surface area contributed by atoms with E-state index in [0.717, 1.165) is 22.3 Å². The second-order valence-electron chi connectivity index (χ2n) is 8.69. The average molecular weight is 483 g/mol. The summed E-state index contributed by atoms with van der Waals surface area (Å²) in [4.78, 5) is 36.0. The predicted molar refractivity (Wildman–Crippen MR) is 127 cm³/mol. The minimum absolute atomic E-state index is 0.0248. The maximum atomic E-state index is 12.5. The molecule has 2 amide bonds. The molecular formula is C26H30N2O7. The van der Waals surface area contributed by atoms with E-state index in [4.69, 9.17) is 19.3 Å². The van der Waals surface area contributed by atoms with E-state index in [2.05, 4.69) is 34.9 Å². The number of carboxylic acids is 1. The van der Waals surface area contributed by atoms with Gasteiger partial charge in [0.25, 0.3) is 0 Å². The number of alkyl carbamates (subject to hydrolysis) is 1. The molecular weight excluding hydrogens is 452 g/mol. The maximum Gasteiger partial charge on any atom is 0.407 e. The number of methoxy groups -OCH3 is 1. The van der Waals surface area contributed by atoms with Crippen LogP contribution in [0.3, 0.4) is 0 Å². The Kier molecular flexibility index (Phi) is 7.99. The molecule has 0 bridgehead atoms. The molecule has 9 heteroatoms. The van der Waals surface area contributed by atoms with Crippen molar-refractivity contribution in [1.82, 2.24) is 10.6 Å². The number of carboxylic acid groups (broad SMARTS) is 1. The summed E-state index contributed by atoms with van der Waals surface area (Å²) in [7, 11) is 1.31. The van der Waals surface area contributed by atoms with Gasteiger partial charge in [-0.25, -0.2) is 9.59 Å². The number of fused-ring (bicyclic) bond motifs is 3. The Labute approximate surface area is 203 Å². The molecule has 0 aromatic heterocycles. The highest BCUT2D eigenvalue weighted by molar-refractivity contribution is 5.82. The summed E-state index contributed by atoms with van der Waals surface area (Å²) < 4.78 is 16.0. The van der Waals surface area contributed by atoms with E-state index in [0.29, 0.717) is 13.0 Å². The molecule has 3 atom stereocenters. The van der Waals surface area contributed by atoms with Gasteiger partial charge in [0.1, 0.15) is 12.7 Å². The van der Waals surface area contributed by atoms with Crippen molar-refractivity contribution >= 4 is 18.0 Å². The topological polar surface area (TPSA) is 123 Å². The molecule has 1 saturated heterocycles. The normalized spacial score (nSPS) is 19.5. The molecule has 1 aliphatic heterocycles. The number of carbonyl (C=O) groups excluding carboxylic acids is 2. The van der Waals surface area contributed by atoms with Crippen molar-refractivity contribution in [3.63, 3.8) is 0 Å². The van der Waals surface area contributed by atoms with Gasteiger partial charge in [-0.1, -0.05) is 48.5 Å². The number of ether oxygens (including phenoxy) is 3. The first-order chi connectivity index (χ1) is 17.0. The Balaban J connectivity index is 1.25. The first-order valence-electron chi connectivity index (χ1n) is 11.7. The van der Waals surface area contributed by atoms with E-state index in [-0.39, 0.29) is 43.9 Å². The Bertz CT molecular complexity index is 1030. The zero-order valence-corrected chi connectivity index (χ0v) is 19.6. The third kappa shape index (κ3) is 5.63. The number of hydrogen-bond acceptors (Lipinski definition) is 6. The highest BCUT2D eigenvalue weighted by Crippen LogP contribution is 2.44. The first kappa shape index (κ1) is 24.7. The number of hydrogen-bond donors (Lipinski definition) is 3. The first-order valence-corrected chi connectivity index (χ1v) is 11.7. The van der Waals surface area contributed by atoms with E-state index in [1.807, 2.05) is 24.3 Å². The molecule has 2 aromatic rings. The molecule has 1 heterocycles. The van der Waals surface area contributed by atoms with Crippen LogP contribution >= 0.6 is 0 Å². The van der Waals surface area contributed by atoms with Crippen molar-refractivity contribution in [2.45, 2.75) is 31.0 Å². The van der Waals surface area contributed by atoms with Crippen LogP contribution in [-0.2, 0) is 23.8 Å². The molecule has 2 aromatic carbocycles. The van der Waals surface area contributed by atoms with Crippen LogP contribution in [0.5, 0.6) is 0 Å². The number of nitrogens with one attached hydrogen (secondary N) is 2. The zero-order chi connectivity index (χ0) is 24.8. The Hall–Kier alpha value is -3.43. The Morgan fingerprint density at radius 2 is 1.71 bits per heavy atom. The van der Waals surface area contributed by atoms with Gasteiger partial charge in [-0.05, 0) is 28.7 Å². The van der Waals surface area contributed by atoms with Gasteiger partial charge in [0, 0.05) is 45.1 Å². The number of rotatable bonds is 10. The fraction of sp³-hybridized carbons (Fsp3) is 0.423. The summed E-state index contributed by atoms with van der Waals surface area (Å²) in [5, 5.41) is 14.5. The van der Waals surface area contributed by atoms with E-state index in [1.165, 1.54) is 7.11 Å². The number of benzene rings is 2. The summed E-state index contributed by atoms with van der Waals surface area (Å²) in [5.41, 5.74) is 4.60. The molecule has 0 saturated carbocycles. The SMILES string of the molecule is COC(CCNC(=O)C1OCCC1CNC(=O)OCC1c2ccccc2-c2ccccc21)C(=O)O. The third-order valence-corrected chi connectivity index (χ3v) is 6.59. The second-order valence-corrected chi connectivity index (χ2v) is 8.69. The summed E-state index contributed by atoms with van der Waals surface area (Å²) in [5.74, 6) is -1.64. The van der Waals surface area contributed by atoms with E-state index in [9.17, 15) is 14.4 Å². The highest BCUT2D eigenvalue weighted by Gasteiger charge is 2.35. The molecule has 0 radical (unpaired) electrons. The van der Waals surface area contributed by atoms with Crippen molar-refractivity contribution in [2.75, 3.05) is 33.4 Å². The van der Waals surface area contributed by atoms with Gasteiger partial charge in [0.15, 0.2) is 6.10 Å². The third-order valence-electron chi connectivity index (χ3n) is 6.59. The number of carbonyl (C=O) groups is 3. The van der Waals surface area contributed by atoms with Gasteiger partial charge in [-0.3, -0.25) is 4.79 Å². The van der Waals surface area contributed by atoms with Gasteiger partial charge in [0.2, 0.25) is 5.91 Å². The van der Waals surface area contributed by atoms with Crippen molar-refractivity contribution in [2.24, 2.45) is 5.92 Å². The fourth-order valence-corrected chi connectivity index (χ4v) is 4.77. The Morgan fingerprint density at radius 3 is 2.34 bits per heavy atom. The lowest BCUT2D eigenvalue weighted by Crippen LogP contribution is -2.43. The molecule has 0 spiro atoms. The monoisotopic (exact) mass is 482 g/mol. The van der Waals surface area contributed by atoms with Crippen LogP contribution in [0.4, 0.5) is 4.79 Å². The predicted octanol–water partition coefficient (Wildman–Crippen LogP) is 2.54. The molecule has 35 heavy (non-hydrogen) atoms. The standard InChI is InChI=1S/C26H30N2O7/c1-33-22(25(30)31)10-12-27-24(29)23-16(11-13-34-23)14-28-26(32)35-15-21-19-8-4-2-6-17(19)18-7-3-5-9-20(18)21/h2-9,16,21-23H,10-15H2,1H3,(H,27,29)(H,28,32)(H,30,31). The van der Waals surface area contributed by atoms with Crippen LogP contribution in [0.1, 0.15) is 29.9 Å². The molecule has 3 unspecified atom stereocenters. The van der Waals surface area contributed by atoms with Crippen LogP contribution in [0.2, 0.25) is 0 Å². The second kappa shape index (κ2) is 11.3. The van der Waals surface area contributed by atoms with Gasteiger partial charge >= 0.3 is 12.1 Å². The smallest absolute Gasteiger partial charge is 0.407 e. The number of aliphatic carboxylic acids is 1. The van der Waals surface area contributed by atoms with Crippen molar-refractivity contribution in [3.05, 3.63) is 59.7 Å². The van der Waals surface area contributed by atoms with Crippen LogP contribution in [0, 0.1) is 5.92 Å². The van der Waals surface area contributed by atoms with Gasteiger partial charge in [-0.2, -0.15) is 0 Å². The molecule has 9 nitrogen and oxygen atoms in total. The zero-order valence-electron chi connectivity index (χ0n) is 19.6. The van der Waals surface area contributed by atoms with Crippen LogP contribution < -0.4 is 10.6 Å². The van der Waals surface area contributed by atoms with Crippen molar-refractivity contribution in [3.8, 4) is 11.1 Å². The minimum atomic E-state index is -1.08. The van der Waals surface area contributed by atoms with Gasteiger partial charge in [0.05, 0.1) is 0 Å². The van der Waals surface area contributed by atoms with Crippen molar-refractivity contribution in [1.29, 1.82) is 0 Å². The van der Waals surface area contributed by atoms with Gasteiger partial charge < -0.3 is 30.0 Å². The van der Waals surface area contributed by atoms with Crippen molar-refractivity contribution < 1.29 is 33.7 Å². The molecule has 186 valence electrons. The fourth-order valence-electron chi connectivity index (χ4n) is 4.77. The van der Waals surface area contributed by atoms with Crippen LogP contribution in [0.15, 0.2) is 48.5 Å². The summed E-state index contributed by atoms with van der Waals surface area (Å²) in [6.45, 7) is 1.01. The van der Waals surface area contributed by atoms with Crippen LogP contribution in [0.25, 0.3) is 11.1 Å². The molecule has 1 aliphatic carbocycles. The molecule has 2 aliphatic rings. The lowest BCUT2D eigenvalue weighted by atomic mass is 9.98. The molecule has 4 rings (SSSR count). The maximum absolute atomic E-state index is 12.5. The lowest BCUT2D eigenvalue weighted by Gasteiger charge is -2.19. The summed E-state index contributed by atoms with van der Waals surface area (Å²) >= 11 is 0. The van der Waals surface area contributed by atoms with Crippen LogP contribution in [-0.4, -0.2) is 68.7 Å².